The van der Waals surface area contributed by atoms with Gasteiger partial charge in [-0.15, -0.1) is 10.2 Å². The van der Waals surface area contributed by atoms with Crippen molar-refractivity contribution in [3.05, 3.63) is 35.4 Å². The number of aryl methyl sites for hydroxylation is 1. The molecule has 0 atom stereocenters. The topological polar surface area (TPSA) is 103 Å². The quantitative estimate of drug-likeness (QED) is 0.807. The summed E-state index contributed by atoms with van der Waals surface area (Å²) >= 11 is 0. The summed E-state index contributed by atoms with van der Waals surface area (Å²) in [6, 6.07) is 4.92. The first-order chi connectivity index (χ1) is 10.1. The molecular formula is C14H18N6O. The van der Waals surface area contributed by atoms with Crippen LogP contribution in [0.1, 0.15) is 28.4 Å². The molecule has 0 radical (unpaired) electrons. The van der Waals surface area contributed by atoms with E-state index in [0.29, 0.717) is 23.5 Å². The van der Waals surface area contributed by atoms with Crippen LogP contribution in [0.2, 0.25) is 0 Å². The van der Waals surface area contributed by atoms with Crippen LogP contribution in [0.15, 0.2) is 18.2 Å². The Hall–Kier alpha value is -2.57. The highest BCUT2D eigenvalue weighted by Gasteiger charge is 2.21. The van der Waals surface area contributed by atoms with E-state index in [-0.39, 0.29) is 5.91 Å². The zero-order chi connectivity index (χ0) is 15.0. The first kappa shape index (κ1) is 13.4. The lowest BCUT2D eigenvalue weighted by molar-refractivity contribution is 0.0781. The van der Waals surface area contributed by atoms with Crippen LogP contribution >= 0.6 is 0 Å². The maximum Gasteiger partial charge on any atom is 0.256 e. The summed E-state index contributed by atoms with van der Waals surface area (Å²) in [5.74, 6) is 1.66. The number of carbonyl (C=O) groups excluding carboxylic acids is 1. The number of nitrogens with two attached hydrogens (primary N) is 2. The lowest BCUT2D eigenvalue weighted by Crippen LogP contribution is -2.28. The molecular weight excluding hydrogens is 268 g/mol. The molecule has 0 saturated heterocycles. The minimum atomic E-state index is -0.150. The number of fused-ring (bicyclic) bond motifs is 1. The maximum atomic E-state index is 12.5. The summed E-state index contributed by atoms with van der Waals surface area (Å²) in [4.78, 5) is 14.0. The van der Waals surface area contributed by atoms with Crippen LogP contribution in [-0.4, -0.2) is 32.6 Å². The average Bonchev–Trinajstić information content (AvgIpc) is 3.03. The SMILES string of the molecule is CN(Cc1nnc2n1CCC2)C(=O)c1ccc(N)cc1N. The minimum Gasteiger partial charge on any atom is -0.399 e. The number of benzene rings is 1. The van der Waals surface area contributed by atoms with Gasteiger partial charge in [-0.3, -0.25) is 4.79 Å². The molecule has 2 heterocycles. The summed E-state index contributed by atoms with van der Waals surface area (Å²) in [6.07, 6.45) is 2.04. The Bertz CT molecular complexity index is 693. The van der Waals surface area contributed by atoms with Crippen molar-refractivity contribution in [2.24, 2.45) is 0 Å². The summed E-state index contributed by atoms with van der Waals surface area (Å²) in [5, 5.41) is 8.30. The lowest BCUT2D eigenvalue weighted by atomic mass is 10.1. The Labute approximate surface area is 122 Å². The van der Waals surface area contributed by atoms with Gasteiger partial charge in [0.25, 0.3) is 5.91 Å². The monoisotopic (exact) mass is 286 g/mol. The zero-order valence-electron chi connectivity index (χ0n) is 11.9. The van der Waals surface area contributed by atoms with E-state index in [0.717, 1.165) is 31.0 Å². The van der Waals surface area contributed by atoms with Gasteiger partial charge in [-0.2, -0.15) is 0 Å². The van der Waals surface area contributed by atoms with Crippen LogP contribution in [-0.2, 0) is 19.5 Å². The van der Waals surface area contributed by atoms with E-state index in [1.165, 1.54) is 0 Å². The second kappa shape index (κ2) is 5.08. The fourth-order valence-electron chi connectivity index (χ4n) is 2.59. The predicted molar refractivity (Wildman–Crippen MR) is 79.4 cm³/mol. The molecule has 1 aliphatic rings. The molecule has 7 heteroatoms. The van der Waals surface area contributed by atoms with Gasteiger partial charge in [0.1, 0.15) is 5.82 Å². The highest BCUT2D eigenvalue weighted by Crippen LogP contribution is 2.19. The number of rotatable bonds is 3. The molecule has 1 amide bonds. The third-order valence-electron chi connectivity index (χ3n) is 3.72. The van der Waals surface area contributed by atoms with Crippen molar-refractivity contribution < 1.29 is 4.79 Å². The van der Waals surface area contributed by atoms with E-state index < -0.39 is 0 Å². The number of nitrogen functional groups attached to an aromatic ring is 2. The molecule has 1 aliphatic heterocycles. The Morgan fingerprint density at radius 2 is 2.19 bits per heavy atom. The highest BCUT2D eigenvalue weighted by atomic mass is 16.2. The molecule has 0 saturated carbocycles. The van der Waals surface area contributed by atoms with Gasteiger partial charge in [0.15, 0.2) is 5.82 Å². The molecule has 4 N–H and O–H groups in total. The fraction of sp³-hybridized carbons (Fsp3) is 0.357. The molecule has 0 bridgehead atoms. The van der Waals surface area contributed by atoms with Gasteiger partial charge in [-0.1, -0.05) is 0 Å². The second-order valence-electron chi connectivity index (χ2n) is 5.30. The number of hydrogen-bond donors (Lipinski definition) is 2. The number of carbonyl (C=O) groups is 1. The van der Waals surface area contributed by atoms with Crippen molar-refractivity contribution in [1.29, 1.82) is 0 Å². The largest absolute Gasteiger partial charge is 0.399 e. The van der Waals surface area contributed by atoms with E-state index in [2.05, 4.69) is 14.8 Å². The summed E-state index contributed by atoms with van der Waals surface area (Å²) in [6.45, 7) is 1.33. The summed E-state index contributed by atoms with van der Waals surface area (Å²) in [7, 11) is 1.73. The van der Waals surface area contributed by atoms with Gasteiger partial charge < -0.3 is 20.9 Å². The van der Waals surface area contributed by atoms with Gasteiger partial charge in [0, 0.05) is 31.4 Å². The first-order valence-electron chi connectivity index (χ1n) is 6.87. The molecule has 0 spiro atoms. The van der Waals surface area contributed by atoms with Crippen molar-refractivity contribution in [2.45, 2.75) is 25.9 Å². The van der Waals surface area contributed by atoms with E-state index in [4.69, 9.17) is 11.5 Å². The molecule has 2 aromatic rings. The molecule has 0 aliphatic carbocycles. The zero-order valence-corrected chi connectivity index (χ0v) is 11.9. The van der Waals surface area contributed by atoms with Crippen molar-refractivity contribution in [1.82, 2.24) is 19.7 Å². The third kappa shape index (κ3) is 2.42. The van der Waals surface area contributed by atoms with Crippen LogP contribution in [0.4, 0.5) is 11.4 Å². The molecule has 0 fully saturated rings. The van der Waals surface area contributed by atoms with Crippen molar-refractivity contribution >= 4 is 17.3 Å². The molecule has 21 heavy (non-hydrogen) atoms. The van der Waals surface area contributed by atoms with E-state index in [1.54, 1.807) is 30.1 Å². The molecule has 3 rings (SSSR count). The number of nitrogens with zero attached hydrogens (tertiary/aromatic N) is 4. The van der Waals surface area contributed by atoms with Crippen LogP contribution in [0.5, 0.6) is 0 Å². The van der Waals surface area contributed by atoms with Gasteiger partial charge in [-0.05, 0) is 24.6 Å². The molecule has 7 nitrogen and oxygen atoms in total. The van der Waals surface area contributed by atoms with Gasteiger partial charge in [-0.25, -0.2) is 0 Å². The molecule has 110 valence electrons. The fourth-order valence-corrected chi connectivity index (χ4v) is 2.59. The van der Waals surface area contributed by atoms with E-state index in [1.807, 2.05) is 0 Å². The second-order valence-corrected chi connectivity index (χ2v) is 5.30. The Morgan fingerprint density at radius 1 is 1.38 bits per heavy atom. The molecule has 1 aromatic carbocycles. The third-order valence-corrected chi connectivity index (χ3v) is 3.72. The Kier molecular flexibility index (Phi) is 3.25. The number of amides is 1. The van der Waals surface area contributed by atoms with Gasteiger partial charge in [0.2, 0.25) is 0 Å². The number of aromatic nitrogens is 3. The van der Waals surface area contributed by atoms with E-state index >= 15 is 0 Å². The van der Waals surface area contributed by atoms with Gasteiger partial charge >= 0.3 is 0 Å². The van der Waals surface area contributed by atoms with Crippen molar-refractivity contribution in [3.63, 3.8) is 0 Å². The smallest absolute Gasteiger partial charge is 0.256 e. The molecule has 0 unspecified atom stereocenters. The van der Waals surface area contributed by atoms with Crippen molar-refractivity contribution in [2.75, 3.05) is 18.5 Å². The number of hydrogen-bond acceptors (Lipinski definition) is 5. The lowest BCUT2D eigenvalue weighted by Gasteiger charge is -2.18. The molecule has 1 aromatic heterocycles. The average molecular weight is 286 g/mol. The first-order valence-corrected chi connectivity index (χ1v) is 6.87. The Morgan fingerprint density at radius 3 is 2.95 bits per heavy atom. The highest BCUT2D eigenvalue weighted by molar-refractivity contribution is 5.99. The maximum absolute atomic E-state index is 12.5. The predicted octanol–water partition coefficient (Wildman–Crippen LogP) is 0.661. The normalized spacial score (nSPS) is 13.2. The minimum absolute atomic E-state index is 0.150. The standard InChI is InChI=1S/C14H18N6O/c1-19(8-13-18-17-12-3-2-6-20(12)13)14(21)10-5-4-9(15)7-11(10)16/h4-5,7H,2-3,6,8,15-16H2,1H3. The van der Waals surface area contributed by atoms with Crippen LogP contribution in [0, 0.1) is 0 Å². The summed E-state index contributed by atoms with van der Waals surface area (Å²) in [5.41, 5.74) is 12.9. The Balaban J connectivity index is 1.78. The van der Waals surface area contributed by atoms with E-state index in [9.17, 15) is 4.79 Å². The van der Waals surface area contributed by atoms with Crippen LogP contribution in [0.3, 0.4) is 0 Å². The summed E-state index contributed by atoms with van der Waals surface area (Å²) < 4.78 is 2.08. The van der Waals surface area contributed by atoms with Crippen LogP contribution < -0.4 is 11.5 Å². The van der Waals surface area contributed by atoms with Gasteiger partial charge in [0.05, 0.1) is 12.1 Å². The van der Waals surface area contributed by atoms with Crippen molar-refractivity contribution in [3.8, 4) is 0 Å². The van der Waals surface area contributed by atoms with Crippen LogP contribution in [0.25, 0.3) is 0 Å². The number of anilines is 2.